The zero-order valence-corrected chi connectivity index (χ0v) is 46.8. The summed E-state index contributed by atoms with van der Waals surface area (Å²) in [6.07, 6.45) is 1.93. The Hall–Kier alpha value is -6.26. The molecule has 3 heterocycles. The average Bonchev–Trinajstić information content (AvgIpc) is 3.68. The van der Waals surface area contributed by atoms with Crippen molar-refractivity contribution in [2.45, 2.75) is 119 Å². The van der Waals surface area contributed by atoms with Crippen molar-refractivity contribution in [3.05, 3.63) is 209 Å². The van der Waals surface area contributed by atoms with E-state index >= 15 is 0 Å². The normalized spacial score (nSPS) is 15.1. The van der Waals surface area contributed by atoms with Gasteiger partial charge in [-0.25, -0.2) is 4.98 Å². The predicted octanol–water partition coefficient (Wildman–Crippen LogP) is 16.9. The van der Waals surface area contributed by atoms with E-state index in [-0.39, 0.29) is 42.7 Å². The number of nitrogens with one attached hydrogen (secondary N) is 1. The maximum absolute atomic E-state index is 7.30. The van der Waals surface area contributed by atoms with Crippen LogP contribution in [0.3, 0.4) is 0 Å². The van der Waals surface area contributed by atoms with Crippen LogP contribution in [-0.2, 0) is 42.7 Å². The van der Waals surface area contributed by atoms with Gasteiger partial charge in [-0.15, -0.1) is 34.9 Å². The van der Waals surface area contributed by atoms with Gasteiger partial charge < -0.3 is 19.4 Å². The summed E-state index contributed by atoms with van der Waals surface area (Å²) in [5.74, 6) is 2.16. The molecule has 2 aliphatic heterocycles. The molecule has 1 unspecified atom stereocenters. The first-order chi connectivity index (χ1) is 33.6. The second-order valence-electron chi connectivity index (χ2n) is 23.4. The molecule has 0 radical (unpaired) electrons. The van der Waals surface area contributed by atoms with Crippen LogP contribution in [0.15, 0.2) is 146 Å². The molecule has 0 aliphatic carbocycles. The SMILES string of the molecule is Cc1cc(C)c([NH+]2[CH-]N(c3[c-]c(Oc4[c-]c5c(cc4)C(C)(C)c4ccccc4N5c4cc(C(C)(C)C)ccn4)c(C(C)(C)C)cc3C(C)(C)C)c3cc(-c4ccccc4)c(-c4ccccc4)cc32)c(C)c1.[Pt]. The molecule has 1 N–H and O–H groups in total. The van der Waals surface area contributed by atoms with Gasteiger partial charge in [-0.1, -0.05) is 195 Å². The van der Waals surface area contributed by atoms with Crippen molar-refractivity contribution < 1.29 is 30.7 Å². The van der Waals surface area contributed by atoms with Crippen LogP contribution in [0.2, 0.25) is 0 Å². The number of aromatic nitrogens is 1. The Morgan fingerprint density at radius 1 is 0.583 bits per heavy atom. The van der Waals surface area contributed by atoms with Gasteiger partial charge in [-0.3, -0.25) is 0 Å². The van der Waals surface area contributed by atoms with Crippen molar-refractivity contribution in [3.63, 3.8) is 0 Å². The van der Waals surface area contributed by atoms with E-state index in [9.17, 15) is 0 Å². The quantitative estimate of drug-likeness (QED) is 0.161. The number of para-hydroxylation sites is 1. The minimum Gasteiger partial charge on any atom is -0.509 e. The number of nitrogens with zero attached hydrogens (tertiary/aromatic N) is 3. The molecule has 0 amide bonds. The molecule has 8 aromatic rings. The van der Waals surface area contributed by atoms with Gasteiger partial charge in [0.25, 0.3) is 0 Å². The number of rotatable bonds is 7. The van der Waals surface area contributed by atoms with Crippen molar-refractivity contribution in [2.24, 2.45) is 0 Å². The Morgan fingerprint density at radius 2 is 1.18 bits per heavy atom. The Kier molecular flexibility index (Phi) is 13.1. The average molecular weight is 1130 g/mol. The van der Waals surface area contributed by atoms with Crippen molar-refractivity contribution in [1.29, 1.82) is 0 Å². The molecule has 6 heteroatoms. The number of hydrogen-bond donors (Lipinski definition) is 1. The molecule has 0 spiro atoms. The molecule has 0 bridgehead atoms. The van der Waals surface area contributed by atoms with E-state index in [0.717, 1.165) is 39.7 Å². The van der Waals surface area contributed by atoms with Gasteiger partial charge in [0.15, 0.2) is 0 Å². The van der Waals surface area contributed by atoms with E-state index in [1.54, 1.807) is 0 Å². The van der Waals surface area contributed by atoms with Crippen molar-refractivity contribution in [1.82, 2.24) is 4.98 Å². The van der Waals surface area contributed by atoms with Crippen LogP contribution in [0, 0.1) is 39.6 Å². The van der Waals surface area contributed by atoms with Crippen LogP contribution >= 0.6 is 0 Å². The Balaban J connectivity index is 0.00000640. The molecule has 1 aromatic heterocycles. The van der Waals surface area contributed by atoms with Gasteiger partial charge in [0.1, 0.15) is 17.2 Å². The zero-order chi connectivity index (χ0) is 50.4. The number of anilines is 5. The van der Waals surface area contributed by atoms with Gasteiger partial charge >= 0.3 is 0 Å². The standard InChI is InChI=1S/C66H68N4O.Pt/c1-42-33-43(2)62(44(3)34-42)69-41-68(58-37-49(45-23-17-15-18-24-45)50(38-59(58)69)46-25-19-16-20-26-46)56-40-60(54(65(10,11)12)39-53(56)64(7,8)9)71-48-29-30-52-57(36-48)70(55-28-22-21-27-51(55)66(52,13)14)61-35-47(31-32-67-61)63(4,5)6;/h15-35,37-39,41,69H,1-14H3;/q-2;. The summed E-state index contributed by atoms with van der Waals surface area (Å²) in [6, 6.07) is 58.7. The third-order valence-corrected chi connectivity index (χ3v) is 14.6. The van der Waals surface area contributed by atoms with E-state index in [1.165, 1.54) is 71.9 Å². The van der Waals surface area contributed by atoms with Crippen molar-refractivity contribution >= 4 is 39.9 Å². The first-order valence-corrected chi connectivity index (χ1v) is 25.2. The fourth-order valence-electron chi connectivity index (χ4n) is 10.9. The minimum atomic E-state index is -0.302. The van der Waals surface area contributed by atoms with Gasteiger partial charge in [0.05, 0.1) is 5.69 Å². The van der Waals surface area contributed by atoms with Crippen LogP contribution in [-0.4, -0.2) is 4.98 Å². The summed E-state index contributed by atoms with van der Waals surface area (Å²) in [5.41, 5.74) is 20.0. The third-order valence-electron chi connectivity index (χ3n) is 14.6. The van der Waals surface area contributed by atoms with Crippen molar-refractivity contribution in [2.75, 3.05) is 9.80 Å². The summed E-state index contributed by atoms with van der Waals surface area (Å²) >= 11 is 0. The van der Waals surface area contributed by atoms with E-state index < -0.39 is 0 Å². The molecule has 5 nitrogen and oxygen atoms in total. The Morgan fingerprint density at radius 3 is 1.79 bits per heavy atom. The molecule has 0 saturated carbocycles. The monoisotopic (exact) mass is 1130 g/mol. The number of fused-ring (bicyclic) bond motifs is 3. The van der Waals surface area contributed by atoms with Crippen LogP contribution in [0.4, 0.5) is 39.9 Å². The molecule has 7 aromatic carbocycles. The molecule has 1 atom stereocenters. The van der Waals surface area contributed by atoms with Crippen LogP contribution < -0.4 is 19.4 Å². The summed E-state index contributed by atoms with van der Waals surface area (Å²) in [6.45, 7) is 34.1. The molecule has 10 rings (SSSR count). The second-order valence-corrected chi connectivity index (χ2v) is 23.4. The minimum absolute atomic E-state index is 0. The van der Waals surface area contributed by atoms with Gasteiger partial charge in [0.2, 0.25) is 0 Å². The molecular weight excluding hydrogens is 1060 g/mol. The number of aryl methyl sites for hydroxylation is 3. The molecular formula is C66H68N4OPt-2. The molecule has 0 saturated heterocycles. The number of benzene rings is 7. The number of ether oxygens (including phenoxy) is 1. The summed E-state index contributed by atoms with van der Waals surface area (Å²) < 4.78 is 7.30. The zero-order valence-electron chi connectivity index (χ0n) is 44.5. The van der Waals surface area contributed by atoms with Crippen LogP contribution in [0.5, 0.6) is 11.5 Å². The molecule has 2 aliphatic rings. The summed E-state index contributed by atoms with van der Waals surface area (Å²) in [5, 5.41) is 0. The van der Waals surface area contributed by atoms with Gasteiger partial charge in [-0.2, -0.15) is 12.1 Å². The van der Waals surface area contributed by atoms with Crippen molar-refractivity contribution in [3.8, 4) is 33.8 Å². The summed E-state index contributed by atoms with van der Waals surface area (Å²) in [4.78, 5) is 10.9. The second kappa shape index (κ2) is 18.7. The molecule has 72 heavy (non-hydrogen) atoms. The molecule has 370 valence electrons. The first-order valence-electron chi connectivity index (χ1n) is 25.2. The summed E-state index contributed by atoms with van der Waals surface area (Å²) in [7, 11) is 0. The van der Waals surface area contributed by atoms with E-state index in [2.05, 4.69) is 265 Å². The fraction of sp³-hybridized carbons (Fsp3) is 0.273. The number of pyridine rings is 1. The smallest absolute Gasteiger partial charge is 0.135 e. The number of quaternary nitrogens is 1. The Bertz CT molecular complexity index is 3310. The van der Waals surface area contributed by atoms with Crippen LogP contribution in [0.25, 0.3) is 22.3 Å². The first kappa shape index (κ1) is 50.7. The van der Waals surface area contributed by atoms with Gasteiger partial charge in [0, 0.05) is 61.6 Å². The number of hydrogen-bond acceptors (Lipinski definition) is 4. The van der Waals surface area contributed by atoms with E-state index in [1.807, 2.05) is 6.20 Å². The fourth-order valence-corrected chi connectivity index (χ4v) is 10.9. The van der Waals surface area contributed by atoms with Crippen LogP contribution in [0.1, 0.15) is 121 Å². The maximum Gasteiger partial charge on any atom is 0.135 e. The maximum atomic E-state index is 7.30. The van der Waals surface area contributed by atoms with Gasteiger partial charge in [-0.05, 0) is 95.9 Å². The predicted molar refractivity (Wildman–Crippen MR) is 296 cm³/mol. The topological polar surface area (TPSA) is 33.0 Å². The van der Waals surface area contributed by atoms with E-state index in [0.29, 0.717) is 11.5 Å². The largest absolute Gasteiger partial charge is 0.509 e. The molecule has 0 fully saturated rings. The van der Waals surface area contributed by atoms with E-state index in [4.69, 9.17) is 9.72 Å². The Labute approximate surface area is 444 Å². The third kappa shape index (κ3) is 9.13.